The van der Waals surface area contributed by atoms with Crippen LogP contribution in [0.3, 0.4) is 0 Å². The molecule has 0 saturated heterocycles. The zero-order valence-electron chi connectivity index (χ0n) is 14.4. The summed E-state index contributed by atoms with van der Waals surface area (Å²) in [6.45, 7) is 3.54. The topological polar surface area (TPSA) is 47.3 Å². The lowest BCUT2D eigenvalue weighted by Crippen LogP contribution is -2.16. The molecule has 0 aliphatic rings. The van der Waals surface area contributed by atoms with Gasteiger partial charge in [0.25, 0.3) is 0 Å². The molecule has 3 aromatic rings. The van der Waals surface area contributed by atoms with Crippen molar-refractivity contribution in [3.05, 3.63) is 58.9 Å². The van der Waals surface area contributed by atoms with Crippen molar-refractivity contribution in [2.75, 3.05) is 20.2 Å². The summed E-state index contributed by atoms with van der Waals surface area (Å²) in [5.41, 5.74) is 4.23. The first-order chi connectivity index (χ1) is 12.2. The average Bonchev–Trinajstić information content (AvgIpc) is 3.00. The molecule has 0 radical (unpaired) electrons. The predicted octanol–water partition coefficient (Wildman–Crippen LogP) is 5.03. The van der Waals surface area contributed by atoms with Gasteiger partial charge >= 0.3 is 0 Å². The Hall–Kier alpha value is -2.30. The van der Waals surface area contributed by atoms with E-state index in [1.807, 2.05) is 37.5 Å². The molecule has 130 valence electrons. The van der Waals surface area contributed by atoms with Crippen molar-refractivity contribution in [3.63, 3.8) is 0 Å². The Bertz CT molecular complexity index is 869. The first-order valence-electron chi connectivity index (χ1n) is 8.33. The zero-order chi connectivity index (χ0) is 17.6. The number of rotatable bonds is 7. The fraction of sp³-hybridized carbons (Fsp3) is 0.250. The van der Waals surface area contributed by atoms with E-state index in [1.54, 1.807) is 0 Å². The molecule has 0 bridgehead atoms. The van der Waals surface area contributed by atoms with Gasteiger partial charge in [0.05, 0.1) is 0 Å². The van der Waals surface area contributed by atoms with Crippen LogP contribution in [0, 0.1) is 0 Å². The first-order valence-corrected chi connectivity index (χ1v) is 8.71. The molecule has 0 aliphatic carbocycles. The number of ether oxygens (including phenoxy) is 1. The van der Waals surface area contributed by atoms with Crippen LogP contribution in [-0.4, -0.2) is 25.2 Å². The van der Waals surface area contributed by atoms with Gasteiger partial charge in [0.2, 0.25) is 5.88 Å². The molecule has 3 rings (SSSR count). The maximum absolute atomic E-state index is 5.93. The predicted molar refractivity (Wildman–Crippen MR) is 103 cm³/mol. The normalized spacial score (nSPS) is 11.9. The van der Waals surface area contributed by atoms with Gasteiger partial charge in [-0.1, -0.05) is 13.0 Å². The van der Waals surface area contributed by atoms with E-state index < -0.39 is 0 Å². The van der Waals surface area contributed by atoms with Crippen molar-refractivity contribution in [1.29, 1.82) is 0 Å². The number of halogens is 1. The summed E-state index contributed by atoms with van der Waals surface area (Å²) in [5, 5.41) is 4.46. The van der Waals surface area contributed by atoms with Gasteiger partial charge in [-0.25, -0.2) is 4.98 Å². The molecule has 0 saturated carbocycles. The third-order valence-corrected chi connectivity index (χ3v) is 4.13. The Balaban J connectivity index is 1.81. The molecule has 5 heteroatoms. The van der Waals surface area contributed by atoms with Crippen molar-refractivity contribution >= 4 is 34.2 Å². The minimum Gasteiger partial charge on any atom is -0.476 e. The Morgan fingerprint density at radius 3 is 2.88 bits per heavy atom. The Morgan fingerprint density at radius 1 is 1.28 bits per heavy atom. The minimum atomic E-state index is 0.409. The van der Waals surface area contributed by atoms with Crippen LogP contribution in [0.1, 0.15) is 24.5 Å². The smallest absolute Gasteiger partial charge is 0.213 e. The van der Waals surface area contributed by atoms with E-state index in [9.17, 15) is 0 Å². The number of fused-ring (bicyclic) bond motifs is 1. The largest absolute Gasteiger partial charge is 0.476 e. The van der Waals surface area contributed by atoms with E-state index in [1.165, 1.54) is 5.57 Å². The van der Waals surface area contributed by atoms with Gasteiger partial charge in [0.15, 0.2) is 5.22 Å². The molecular weight excluding hydrogens is 336 g/mol. The fourth-order valence-electron chi connectivity index (χ4n) is 2.62. The molecule has 0 unspecified atom stereocenters. The highest BCUT2D eigenvalue weighted by Gasteiger charge is 2.06. The summed E-state index contributed by atoms with van der Waals surface area (Å²) in [7, 11) is 1.89. The molecule has 4 nitrogen and oxygen atoms in total. The standard InChI is InChI=1S/C20H21ClN2O2/c1-3-15(16-5-6-18-17(11-16)12-19(21)25-18)10-14-4-7-20(23-13-14)24-9-8-22-2/h4-7,10-13,22H,3,8-9H2,1-2H3/b15-10-. The van der Waals surface area contributed by atoms with Crippen molar-refractivity contribution in [2.24, 2.45) is 0 Å². The quantitative estimate of drug-likeness (QED) is 0.603. The van der Waals surface area contributed by atoms with Crippen LogP contribution >= 0.6 is 11.6 Å². The lowest BCUT2D eigenvalue weighted by atomic mass is 10.00. The van der Waals surface area contributed by atoms with E-state index in [4.69, 9.17) is 20.8 Å². The summed E-state index contributed by atoms with van der Waals surface area (Å²) in [6, 6.07) is 11.9. The molecule has 2 aromatic heterocycles. The maximum Gasteiger partial charge on any atom is 0.213 e. The Morgan fingerprint density at radius 2 is 2.16 bits per heavy atom. The SMILES string of the molecule is CC/C(=C/c1ccc(OCCNC)nc1)c1ccc2oc(Cl)cc2c1. The fourth-order valence-corrected chi connectivity index (χ4v) is 2.82. The summed E-state index contributed by atoms with van der Waals surface area (Å²) >= 11 is 5.93. The Kier molecular flexibility index (Phi) is 5.74. The summed E-state index contributed by atoms with van der Waals surface area (Å²) in [5.74, 6) is 0.639. The highest BCUT2D eigenvalue weighted by atomic mass is 35.5. The second-order valence-electron chi connectivity index (χ2n) is 5.71. The van der Waals surface area contributed by atoms with Crippen LogP contribution in [0.15, 0.2) is 47.0 Å². The number of hydrogen-bond acceptors (Lipinski definition) is 4. The van der Waals surface area contributed by atoms with E-state index in [0.29, 0.717) is 17.7 Å². The second-order valence-corrected chi connectivity index (χ2v) is 6.08. The van der Waals surface area contributed by atoms with Crippen molar-refractivity contribution < 1.29 is 9.15 Å². The molecule has 0 aliphatic heterocycles. The van der Waals surface area contributed by atoms with Crippen LogP contribution in [0.25, 0.3) is 22.6 Å². The van der Waals surface area contributed by atoms with Crippen LogP contribution in [0.5, 0.6) is 5.88 Å². The van der Waals surface area contributed by atoms with Gasteiger partial charge in [-0.3, -0.25) is 0 Å². The molecule has 0 spiro atoms. The van der Waals surface area contributed by atoms with Gasteiger partial charge in [-0.2, -0.15) is 0 Å². The zero-order valence-corrected chi connectivity index (χ0v) is 15.1. The lowest BCUT2D eigenvalue weighted by molar-refractivity contribution is 0.306. The third-order valence-electron chi connectivity index (χ3n) is 3.94. The average molecular weight is 357 g/mol. The number of furan rings is 1. The van der Waals surface area contributed by atoms with Crippen molar-refractivity contribution in [1.82, 2.24) is 10.3 Å². The molecule has 0 atom stereocenters. The highest BCUT2D eigenvalue weighted by Crippen LogP contribution is 2.28. The van der Waals surface area contributed by atoms with Gasteiger partial charge in [0.1, 0.15) is 12.2 Å². The van der Waals surface area contributed by atoms with Crippen LogP contribution in [-0.2, 0) is 0 Å². The molecule has 1 aromatic carbocycles. The van der Waals surface area contributed by atoms with Gasteiger partial charge in [-0.05, 0) is 66.0 Å². The number of nitrogens with zero attached hydrogens (tertiary/aromatic N) is 1. The van der Waals surface area contributed by atoms with Crippen LogP contribution < -0.4 is 10.1 Å². The van der Waals surface area contributed by atoms with Gasteiger partial charge < -0.3 is 14.5 Å². The van der Waals surface area contributed by atoms with E-state index in [-0.39, 0.29) is 0 Å². The Labute approximate surface area is 152 Å². The molecule has 0 fully saturated rings. The number of pyridine rings is 1. The lowest BCUT2D eigenvalue weighted by Gasteiger charge is -2.07. The molecule has 2 heterocycles. The van der Waals surface area contributed by atoms with Gasteiger partial charge in [0, 0.05) is 30.3 Å². The number of allylic oxidation sites excluding steroid dienone is 1. The second kappa shape index (κ2) is 8.19. The maximum atomic E-state index is 5.93. The number of likely N-dealkylation sites (N-methyl/N-ethyl adjacent to an activating group) is 1. The molecule has 25 heavy (non-hydrogen) atoms. The minimum absolute atomic E-state index is 0.409. The van der Waals surface area contributed by atoms with Crippen LogP contribution in [0.4, 0.5) is 0 Å². The van der Waals surface area contributed by atoms with Crippen LogP contribution in [0.2, 0.25) is 5.22 Å². The monoisotopic (exact) mass is 356 g/mol. The van der Waals surface area contributed by atoms with Crippen molar-refractivity contribution in [2.45, 2.75) is 13.3 Å². The summed E-state index contributed by atoms with van der Waals surface area (Å²) < 4.78 is 11.0. The number of benzene rings is 1. The summed E-state index contributed by atoms with van der Waals surface area (Å²) in [4.78, 5) is 4.36. The van der Waals surface area contributed by atoms with E-state index >= 15 is 0 Å². The highest BCUT2D eigenvalue weighted by molar-refractivity contribution is 6.29. The van der Waals surface area contributed by atoms with Crippen molar-refractivity contribution in [3.8, 4) is 5.88 Å². The molecule has 0 amide bonds. The first kappa shape index (κ1) is 17.5. The van der Waals surface area contributed by atoms with E-state index in [2.05, 4.69) is 35.4 Å². The number of hydrogen-bond donors (Lipinski definition) is 1. The van der Waals surface area contributed by atoms with E-state index in [0.717, 1.165) is 35.1 Å². The summed E-state index contributed by atoms with van der Waals surface area (Å²) in [6.07, 6.45) is 4.89. The number of nitrogens with one attached hydrogen (secondary N) is 1. The molecule has 1 N–H and O–H groups in total. The third kappa shape index (κ3) is 4.41. The van der Waals surface area contributed by atoms with Gasteiger partial charge in [-0.15, -0.1) is 0 Å². The number of aromatic nitrogens is 1. The molecular formula is C20H21ClN2O2.